The number of carboxylic acid groups (broad SMARTS) is 1. The molecule has 1 fully saturated rings. The van der Waals surface area contributed by atoms with Gasteiger partial charge in [0.15, 0.2) is 0 Å². The van der Waals surface area contributed by atoms with Crippen molar-refractivity contribution in [1.29, 1.82) is 0 Å². The Kier molecular flexibility index (Phi) is 3.80. The number of aliphatic carboxylic acids is 1. The van der Waals surface area contributed by atoms with Crippen molar-refractivity contribution < 1.29 is 19.4 Å². The molecular weight excluding hydrogens is 266 g/mol. The first-order valence-electron chi connectivity index (χ1n) is 6.14. The summed E-state index contributed by atoms with van der Waals surface area (Å²) in [6, 6.07) is 1.35. The number of ether oxygens (including phenoxy) is 1. The number of thiophene rings is 1. The van der Waals surface area contributed by atoms with Gasteiger partial charge in [-0.2, -0.15) is 0 Å². The number of hydrogen-bond donors (Lipinski definition) is 2. The Bertz CT molecular complexity index is 499. The molecule has 0 aliphatic heterocycles. The largest absolute Gasteiger partial charge is 0.496 e. The van der Waals surface area contributed by atoms with Gasteiger partial charge in [-0.05, 0) is 19.8 Å². The fraction of sp³-hybridized carbons (Fsp3) is 0.538. The summed E-state index contributed by atoms with van der Waals surface area (Å²) in [7, 11) is 1.54. The summed E-state index contributed by atoms with van der Waals surface area (Å²) in [5, 5.41) is 13.9. The van der Waals surface area contributed by atoms with E-state index in [0.29, 0.717) is 23.5 Å². The Balaban J connectivity index is 2.08. The SMILES string of the molecule is COc1csc(C(=O)NC2CCCC2(C)C(=O)O)c1. The van der Waals surface area contributed by atoms with E-state index in [9.17, 15) is 14.7 Å². The minimum Gasteiger partial charge on any atom is -0.496 e. The molecule has 2 N–H and O–H groups in total. The Labute approximate surface area is 115 Å². The second kappa shape index (κ2) is 5.21. The van der Waals surface area contributed by atoms with E-state index in [-0.39, 0.29) is 11.9 Å². The molecule has 1 amide bonds. The highest BCUT2D eigenvalue weighted by atomic mass is 32.1. The van der Waals surface area contributed by atoms with Crippen LogP contribution in [-0.4, -0.2) is 30.1 Å². The fourth-order valence-corrected chi connectivity index (χ4v) is 3.19. The second-order valence-electron chi connectivity index (χ2n) is 4.99. The third kappa shape index (κ3) is 2.58. The predicted molar refractivity (Wildman–Crippen MR) is 71.7 cm³/mol. The number of carboxylic acids is 1. The van der Waals surface area contributed by atoms with Gasteiger partial charge in [-0.1, -0.05) is 6.42 Å². The Morgan fingerprint density at radius 1 is 1.58 bits per heavy atom. The highest BCUT2D eigenvalue weighted by Crippen LogP contribution is 2.38. The van der Waals surface area contributed by atoms with Crippen LogP contribution in [0.5, 0.6) is 5.75 Å². The highest BCUT2D eigenvalue weighted by Gasteiger charge is 2.46. The maximum atomic E-state index is 12.1. The number of methoxy groups -OCH3 is 1. The molecule has 0 bridgehead atoms. The molecule has 0 saturated heterocycles. The normalized spacial score (nSPS) is 26.1. The van der Waals surface area contributed by atoms with Crippen molar-refractivity contribution in [2.24, 2.45) is 5.41 Å². The average molecular weight is 283 g/mol. The van der Waals surface area contributed by atoms with Crippen molar-refractivity contribution >= 4 is 23.2 Å². The summed E-state index contributed by atoms with van der Waals surface area (Å²) in [5.41, 5.74) is -0.864. The number of hydrogen-bond acceptors (Lipinski definition) is 4. The van der Waals surface area contributed by atoms with Gasteiger partial charge in [-0.15, -0.1) is 11.3 Å². The molecular formula is C13H17NO4S. The molecule has 1 aromatic heterocycles. The smallest absolute Gasteiger partial charge is 0.311 e. The van der Waals surface area contributed by atoms with Gasteiger partial charge in [-0.25, -0.2) is 0 Å². The minimum atomic E-state index is -0.864. The number of nitrogens with one attached hydrogen (secondary N) is 1. The molecule has 2 rings (SSSR count). The Morgan fingerprint density at radius 3 is 2.89 bits per heavy atom. The van der Waals surface area contributed by atoms with Gasteiger partial charge in [0.1, 0.15) is 5.75 Å². The van der Waals surface area contributed by atoms with Crippen LogP contribution in [0.15, 0.2) is 11.4 Å². The van der Waals surface area contributed by atoms with Crippen LogP contribution in [0, 0.1) is 5.41 Å². The molecule has 0 aromatic carbocycles. The van der Waals surface area contributed by atoms with Crippen LogP contribution in [0.4, 0.5) is 0 Å². The van der Waals surface area contributed by atoms with E-state index >= 15 is 0 Å². The maximum Gasteiger partial charge on any atom is 0.311 e. The highest BCUT2D eigenvalue weighted by molar-refractivity contribution is 7.12. The quantitative estimate of drug-likeness (QED) is 0.887. The molecule has 0 radical (unpaired) electrons. The van der Waals surface area contributed by atoms with Gasteiger partial charge in [0.2, 0.25) is 0 Å². The summed E-state index contributed by atoms with van der Waals surface area (Å²) in [5.74, 6) is -0.436. The lowest BCUT2D eigenvalue weighted by Crippen LogP contribution is -2.46. The lowest BCUT2D eigenvalue weighted by atomic mass is 9.85. The zero-order valence-electron chi connectivity index (χ0n) is 10.9. The van der Waals surface area contributed by atoms with Crippen LogP contribution in [-0.2, 0) is 4.79 Å². The topological polar surface area (TPSA) is 75.6 Å². The van der Waals surface area contributed by atoms with E-state index in [1.807, 2.05) is 0 Å². The van der Waals surface area contributed by atoms with Crippen molar-refractivity contribution in [3.8, 4) is 5.75 Å². The third-order valence-electron chi connectivity index (χ3n) is 3.79. The van der Waals surface area contributed by atoms with Crippen LogP contribution < -0.4 is 10.1 Å². The van der Waals surface area contributed by atoms with Gasteiger partial charge in [-0.3, -0.25) is 9.59 Å². The molecule has 19 heavy (non-hydrogen) atoms. The van der Waals surface area contributed by atoms with Crippen LogP contribution >= 0.6 is 11.3 Å². The molecule has 5 nitrogen and oxygen atoms in total. The van der Waals surface area contributed by atoms with Crippen molar-refractivity contribution in [1.82, 2.24) is 5.32 Å². The van der Waals surface area contributed by atoms with Gasteiger partial charge < -0.3 is 15.2 Å². The fourth-order valence-electron chi connectivity index (χ4n) is 2.43. The molecule has 2 atom stereocenters. The van der Waals surface area contributed by atoms with Crippen LogP contribution in [0.25, 0.3) is 0 Å². The molecule has 1 aliphatic carbocycles. The van der Waals surface area contributed by atoms with Gasteiger partial charge in [0, 0.05) is 17.5 Å². The lowest BCUT2D eigenvalue weighted by Gasteiger charge is -2.27. The molecule has 104 valence electrons. The zero-order valence-corrected chi connectivity index (χ0v) is 11.8. The molecule has 1 aliphatic rings. The number of carbonyl (C=O) groups excluding carboxylic acids is 1. The Hall–Kier alpha value is -1.56. The van der Waals surface area contributed by atoms with Crippen LogP contribution in [0.2, 0.25) is 0 Å². The molecule has 0 spiro atoms. The maximum absolute atomic E-state index is 12.1. The molecule has 2 unspecified atom stereocenters. The predicted octanol–water partition coefficient (Wildman–Crippen LogP) is 2.13. The number of carbonyl (C=O) groups is 2. The van der Waals surface area contributed by atoms with E-state index in [1.54, 1.807) is 25.5 Å². The van der Waals surface area contributed by atoms with Crippen LogP contribution in [0.3, 0.4) is 0 Å². The van der Waals surface area contributed by atoms with E-state index < -0.39 is 11.4 Å². The van der Waals surface area contributed by atoms with Crippen molar-refractivity contribution in [2.45, 2.75) is 32.2 Å². The average Bonchev–Trinajstić information content (AvgIpc) is 2.97. The summed E-state index contributed by atoms with van der Waals surface area (Å²) in [4.78, 5) is 24.0. The molecule has 1 heterocycles. The van der Waals surface area contributed by atoms with Crippen molar-refractivity contribution in [3.63, 3.8) is 0 Å². The summed E-state index contributed by atoms with van der Waals surface area (Å²) < 4.78 is 5.03. The van der Waals surface area contributed by atoms with E-state index in [1.165, 1.54) is 11.3 Å². The van der Waals surface area contributed by atoms with Gasteiger partial charge in [0.05, 0.1) is 17.4 Å². The van der Waals surface area contributed by atoms with E-state index in [0.717, 1.165) is 6.42 Å². The van der Waals surface area contributed by atoms with Gasteiger partial charge >= 0.3 is 5.97 Å². The molecule has 6 heteroatoms. The van der Waals surface area contributed by atoms with Crippen molar-refractivity contribution in [2.75, 3.05) is 7.11 Å². The molecule has 1 saturated carbocycles. The Morgan fingerprint density at radius 2 is 2.32 bits per heavy atom. The monoisotopic (exact) mass is 283 g/mol. The third-order valence-corrected chi connectivity index (χ3v) is 4.69. The summed E-state index contributed by atoms with van der Waals surface area (Å²) >= 11 is 1.29. The standard InChI is InChI=1S/C13H17NO4S/c1-13(12(16)17)5-3-4-10(13)14-11(15)9-6-8(18-2)7-19-9/h6-7,10H,3-5H2,1-2H3,(H,14,15)(H,16,17). The van der Waals surface area contributed by atoms with Crippen molar-refractivity contribution in [3.05, 3.63) is 16.3 Å². The first-order valence-corrected chi connectivity index (χ1v) is 7.02. The van der Waals surface area contributed by atoms with E-state index in [2.05, 4.69) is 5.32 Å². The first-order chi connectivity index (χ1) is 8.97. The van der Waals surface area contributed by atoms with E-state index in [4.69, 9.17) is 4.74 Å². The number of rotatable bonds is 4. The second-order valence-corrected chi connectivity index (χ2v) is 5.90. The summed E-state index contributed by atoms with van der Waals surface area (Å²) in [6.07, 6.45) is 2.12. The molecule has 1 aromatic rings. The number of amides is 1. The van der Waals surface area contributed by atoms with Crippen LogP contribution in [0.1, 0.15) is 35.9 Å². The minimum absolute atomic E-state index is 0.229. The lowest BCUT2D eigenvalue weighted by molar-refractivity contribution is -0.148. The first kappa shape index (κ1) is 13.9. The summed E-state index contributed by atoms with van der Waals surface area (Å²) in [6.45, 7) is 1.70. The van der Waals surface area contributed by atoms with Gasteiger partial charge in [0.25, 0.3) is 5.91 Å². The zero-order chi connectivity index (χ0) is 14.0.